The maximum absolute atomic E-state index is 9.39. The van der Waals surface area contributed by atoms with E-state index >= 15 is 0 Å². The molecule has 0 spiro atoms. The van der Waals surface area contributed by atoms with Crippen molar-refractivity contribution in [2.45, 2.75) is 0 Å². The number of rotatable bonds is 3. The lowest BCUT2D eigenvalue weighted by molar-refractivity contribution is 0.475. The number of aromatic hydroxyl groups is 2. The summed E-state index contributed by atoms with van der Waals surface area (Å²) >= 11 is 0. The molecule has 0 bridgehead atoms. The zero-order valence-corrected chi connectivity index (χ0v) is 12.8. The van der Waals surface area contributed by atoms with Crippen LogP contribution in [0, 0.1) is 0 Å². The van der Waals surface area contributed by atoms with E-state index in [2.05, 4.69) is 15.6 Å². The topological polar surface area (TPSA) is 76.9 Å². The predicted molar refractivity (Wildman–Crippen MR) is 97.0 cm³/mol. The van der Waals surface area contributed by atoms with Gasteiger partial charge in [-0.3, -0.25) is 0 Å². The van der Waals surface area contributed by atoms with Gasteiger partial charge in [-0.1, -0.05) is 18.2 Å². The Morgan fingerprint density at radius 2 is 1.12 bits per heavy atom. The van der Waals surface area contributed by atoms with Crippen LogP contribution in [0.5, 0.6) is 11.5 Å². The van der Waals surface area contributed by atoms with Gasteiger partial charge in [-0.2, -0.15) is 0 Å². The van der Waals surface area contributed by atoms with Crippen LogP contribution < -0.4 is 10.6 Å². The molecule has 5 heteroatoms. The molecule has 0 heterocycles. The number of benzene rings is 3. The van der Waals surface area contributed by atoms with Crippen LogP contribution in [0.3, 0.4) is 0 Å². The van der Waals surface area contributed by atoms with Gasteiger partial charge in [-0.15, -0.1) is 0 Å². The van der Waals surface area contributed by atoms with E-state index in [0.717, 1.165) is 11.4 Å². The van der Waals surface area contributed by atoms with Crippen LogP contribution in [-0.2, 0) is 0 Å². The van der Waals surface area contributed by atoms with Gasteiger partial charge in [0.15, 0.2) is 0 Å². The number of para-hydroxylation sites is 1. The summed E-state index contributed by atoms with van der Waals surface area (Å²) < 4.78 is 0. The van der Waals surface area contributed by atoms with Crippen LogP contribution in [-0.4, -0.2) is 16.2 Å². The number of nitrogens with one attached hydrogen (secondary N) is 2. The molecule has 4 N–H and O–H groups in total. The molecule has 0 aliphatic heterocycles. The van der Waals surface area contributed by atoms with Crippen LogP contribution in [0.25, 0.3) is 0 Å². The van der Waals surface area contributed by atoms with Gasteiger partial charge in [-0.05, 0) is 60.7 Å². The van der Waals surface area contributed by atoms with Crippen molar-refractivity contribution in [3.05, 3.63) is 78.9 Å². The molecule has 120 valence electrons. The third-order valence-electron chi connectivity index (χ3n) is 3.26. The molecule has 0 aliphatic carbocycles. The number of hydrogen-bond acceptors (Lipinski definition) is 3. The van der Waals surface area contributed by atoms with Crippen molar-refractivity contribution in [2.24, 2.45) is 4.99 Å². The van der Waals surface area contributed by atoms with Gasteiger partial charge >= 0.3 is 0 Å². The molecule has 0 aliphatic rings. The maximum Gasteiger partial charge on any atom is 0.205 e. The predicted octanol–water partition coefficient (Wildman–Crippen LogP) is 4.31. The van der Waals surface area contributed by atoms with Crippen molar-refractivity contribution in [3.8, 4) is 11.5 Å². The molecule has 3 aromatic rings. The minimum atomic E-state index is 0.193. The molecule has 5 nitrogen and oxygen atoms in total. The summed E-state index contributed by atoms with van der Waals surface area (Å²) in [5.41, 5.74) is 2.37. The van der Waals surface area contributed by atoms with Crippen LogP contribution in [0.4, 0.5) is 17.1 Å². The molecule has 3 rings (SSSR count). The van der Waals surface area contributed by atoms with Gasteiger partial charge in [-0.25, -0.2) is 4.99 Å². The van der Waals surface area contributed by atoms with E-state index in [-0.39, 0.29) is 11.5 Å². The lowest BCUT2D eigenvalue weighted by Crippen LogP contribution is -2.21. The lowest BCUT2D eigenvalue weighted by Gasteiger charge is -2.13. The first-order chi connectivity index (χ1) is 11.7. The Hall–Kier alpha value is -3.47. The Balaban J connectivity index is 1.87. The van der Waals surface area contributed by atoms with E-state index in [4.69, 9.17) is 0 Å². The fraction of sp³-hybridized carbons (Fsp3) is 0. The molecular weight excluding hydrogens is 302 g/mol. The van der Waals surface area contributed by atoms with Crippen molar-refractivity contribution in [2.75, 3.05) is 10.6 Å². The Morgan fingerprint density at radius 1 is 0.625 bits per heavy atom. The van der Waals surface area contributed by atoms with Crippen LogP contribution in [0.1, 0.15) is 0 Å². The average Bonchev–Trinajstić information content (AvgIpc) is 2.60. The highest BCUT2D eigenvalue weighted by Crippen LogP contribution is 2.19. The molecule has 3 aromatic carbocycles. The molecule has 0 unspecified atom stereocenters. The number of phenolic OH excluding ortho intramolecular Hbond substituents is 2. The first kappa shape index (κ1) is 15.4. The van der Waals surface area contributed by atoms with E-state index in [1.54, 1.807) is 48.5 Å². The van der Waals surface area contributed by atoms with E-state index in [9.17, 15) is 10.2 Å². The number of aliphatic imine (C=N–C) groups is 1. The summed E-state index contributed by atoms with van der Waals surface area (Å²) in [6.45, 7) is 0. The zero-order chi connectivity index (χ0) is 16.8. The third kappa shape index (κ3) is 4.27. The Morgan fingerprint density at radius 3 is 1.71 bits per heavy atom. The summed E-state index contributed by atoms with van der Waals surface area (Å²) in [5.74, 6) is 0.921. The van der Waals surface area contributed by atoms with E-state index in [0.29, 0.717) is 11.6 Å². The highest BCUT2D eigenvalue weighted by Gasteiger charge is 2.03. The molecule has 0 atom stereocenters. The highest BCUT2D eigenvalue weighted by atomic mass is 16.3. The lowest BCUT2D eigenvalue weighted by atomic mass is 10.3. The molecule has 0 radical (unpaired) electrons. The first-order valence-electron chi connectivity index (χ1n) is 7.45. The molecule has 0 aromatic heterocycles. The Kier molecular flexibility index (Phi) is 4.62. The number of guanidine groups is 1. The molecule has 0 saturated carbocycles. The smallest absolute Gasteiger partial charge is 0.205 e. The monoisotopic (exact) mass is 319 g/mol. The van der Waals surface area contributed by atoms with Gasteiger partial charge in [0.1, 0.15) is 11.5 Å². The average molecular weight is 319 g/mol. The normalized spacial score (nSPS) is 11.1. The van der Waals surface area contributed by atoms with Gasteiger partial charge < -0.3 is 20.8 Å². The highest BCUT2D eigenvalue weighted by molar-refractivity contribution is 6.04. The first-order valence-corrected chi connectivity index (χ1v) is 7.45. The second kappa shape index (κ2) is 7.19. The molecule has 0 fully saturated rings. The summed E-state index contributed by atoms with van der Waals surface area (Å²) in [4.78, 5) is 4.53. The molecular formula is C19H17N3O2. The van der Waals surface area contributed by atoms with Gasteiger partial charge in [0.05, 0.1) is 5.69 Å². The fourth-order valence-corrected chi connectivity index (χ4v) is 2.08. The van der Waals surface area contributed by atoms with Gasteiger partial charge in [0.25, 0.3) is 0 Å². The Labute approximate surface area is 139 Å². The summed E-state index contributed by atoms with van der Waals surface area (Å²) in [7, 11) is 0. The molecule has 0 amide bonds. The quantitative estimate of drug-likeness (QED) is 0.330. The van der Waals surface area contributed by atoms with Crippen molar-refractivity contribution in [1.29, 1.82) is 0 Å². The van der Waals surface area contributed by atoms with Crippen molar-refractivity contribution in [3.63, 3.8) is 0 Å². The van der Waals surface area contributed by atoms with E-state index in [1.165, 1.54) is 0 Å². The van der Waals surface area contributed by atoms with Gasteiger partial charge in [0, 0.05) is 11.4 Å². The number of hydrogen-bond donors (Lipinski definition) is 4. The van der Waals surface area contributed by atoms with Crippen molar-refractivity contribution >= 4 is 23.0 Å². The second-order valence-corrected chi connectivity index (χ2v) is 5.14. The maximum atomic E-state index is 9.39. The van der Waals surface area contributed by atoms with E-state index < -0.39 is 0 Å². The minimum Gasteiger partial charge on any atom is -0.508 e. The van der Waals surface area contributed by atoms with Crippen LogP contribution in [0.15, 0.2) is 83.9 Å². The largest absolute Gasteiger partial charge is 0.508 e. The van der Waals surface area contributed by atoms with Crippen molar-refractivity contribution in [1.82, 2.24) is 0 Å². The zero-order valence-electron chi connectivity index (χ0n) is 12.8. The molecule has 24 heavy (non-hydrogen) atoms. The number of phenols is 2. The summed E-state index contributed by atoms with van der Waals surface area (Å²) in [5, 5.41) is 25.2. The Bertz CT molecular complexity index is 813. The fourth-order valence-electron chi connectivity index (χ4n) is 2.08. The SMILES string of the molecule is Oc1ccc(N=C(Nc2ccccc2)Nc2ccc(O)cc2)cc1. The van der Waals surface area contributed by atoms with E-state index in [1.807, 2.05) is 30.3 Å². The second-order valence-electron chi connectivity index (χ2n) is 5.14. The summed E-state index contributed by atoms with van der Waals surface area (Å²) in [6.07, 6.45) is 0. The summed E-state index contributed by atoms with van der Waals surface area (Å²) in [6, 6.07) is 23.0. The van der Waals surface area contributed by atoms with Gasteiger partial charge in [0.2, 0.25) is 5.96 Å². The third-order valence-corrected chi connectivity index (χ3v) is 3.26. The minimum absolute atomic E-state index is 0.193. The standard InChI is InChI=1S/C19H17N3O2/c23-17-10-6-15(7-11-17)21-19(20-14-4-2-1-3-5-14)22-16-8-12-18(24)13-9-16/h1-13,23-24H,(H2,20,21,22). The number of anilines is 2. The molecule has 0 saturated heterocycles. The van der Waals surface area contributed by atoms with Crippen LogP contribution in [0.2, 0.25) is 0 Å². The number of nitrogens with zero attached hydrogens (tertiary/aromatic N) is 1. The van der Waals surface area contributed by atoms with Crippen LogP contribution >= 0.6 is 0 Å². The van der Waals surface area contributed by atoms with Crippen molar-refractivity contribution < 1.29 is 10.2 Å².